The first kappa shape index (κ1) is 11.9. The lowest BCUT2D eigenvalue weighted by Gasteiger charge is -2.09. The van der Waals surface area contributed by atoms with Crippen LogP contribution in [-0.4, -0.2) is 42.0 Å². The van der Waals surface area contributed by atoms with Crippen LogP contribution in [0.15, 0.2) is 18.2 Å². The number of amides is 1. The molecule has 2 rings (SSSR count). The van der Waals surface area contributed by atoms with E-state index in [1.165, 1.54) is 0 Å². The third-order valence-electron chi connectivity index (χ3n) is 2.66. The molecular weight excluding hydrogens is 222 g/mol. The minimum absolute atomic E-state index is 0.0446. The van der Waals surface area contributed by atoms with Gasteiger partial charge in [-0.3, -0.25) is 4.79 Å². The molecule has 0 aliphatic carbocycles. The van der Waals surface area contributed by atoms with Crippen molar-refractivity contribution in [2.24, 2.45) is 0 Å². The van der Waals surface area contributed by atoms with E-state index in [4.69, 9.17) is 14.9 Å². The van der Waals surface area contributed by atoms with E-state index in [0.717, 1.165) is 17.7 Å². The van der Waals surface area contributed by atoms with Crippen molar-refractivity contribution in [3.63, 3.8) is 0 Å². The van der Waals surface area contributed by atoms with Gasteiger partial charge in [0.05, 0.1) is 19.3 Å². The van der Waals surface area contributed by atoms with E-state index < -0.39 is 6.10 Å². The molecule has 92 valence electrons. The average Bonchev–Trinajstić information content (AvgIpc) is 2.82. The van der Waals surface area contributed by atoms with Crippen molar-refractivity contribution in [1.82, 2.24) is 5.32 Å². The van der Waals surface area contributed by atoms with Gasteiger partial charge in [0, 0.05) is 18.5 Å². The summed E-state index contributed by atoms with van der Waals surface area (Å²) in [4.78, 5) is 11.7. The van der Waals surface area contributed by atoms with Gasteiger partial charge in [0.1, 0.15) is 5.75 Å². The van der Waals surface area contributed by atoms with E-state index >= 15 is 0 Å². The van der Waals surface area contributed by atoms with Gasteiger partial charge in [-0.1, -0.05) is 0 Å². The molecule has 0 saturated carbocycles. The lowest BCUT2D eigenvalue weighted by molar-refractivity contribution is 0.0802. The van der Waals surface area contributed by atoms with Gasteiger partial charge < -0.3 is 20.3 Å². The predicted molar refractivity (Wildman–Crippen MR) is 61.1 cm³/mol. The van der Waals surface area contributed by atoms with Gasteiger partial charge in [0.2, 0.25) is 0 Å². The Balaban J connectivity index is 2.00. The number of hydrogen-bond acceptors (Lipinski definition) is 4. The minimum atomic E-state index is -0.920. The molecule has 5 nitrogen and oxygen atoms in total. The second-order valence-corrected chi connectivity index (χ2v) is 3.97. The zero-order chi connectivity index (χ0) is 12.3. The topological polar surface area (TPSA) is 78.8 Å². The van der Waals surface area contributed by atoms with E-state index in [9.17, 15) is 4.79 Å². The molecule has 3 N–H and O–H groups in total. The summed E-state index contributed by atoms with van der Waals surface area (Å²) in [5, 5.41) is 20.3. The van der Waals surface area contributed by atoms with Crippen LogP contribution in [0.5, 0.6) is 5.75 Å². The molecule has 1 amide bonds. The van der Waals surface area contributed by atoms with Gasteiger partial charge in [-0.15, -0.1) is 0 Å². The van der Waals surface area contributed by atoms with Crippen molar-refractivity contribution in [2.75, 3.05) is 19.8 Å². The number of carbonyl (C=O) groups excluding carboxylic acids is 1. The number of hydrogen-bond donors (Lipinski definition) is 3. The molecule has 1 aliphatic heterocycles. The van der Waals surface area contributed by atoms with Crippen molar-refractivity contribution < 1.29 is 19.7 Å². The minimum Gasteiger partial charge on any atom is -0.493 e. The fourth-order valence-corrected chi connectivity index (χ4v) is 1.70. The number of aliphatic hydroxyl groups is 2. The highest BCUT2D eigenvalue weighted by Gasteiger charge is 2.15. The normalized spacial score (nSPS) is 14.9. The second kappa shape index (κ2) is 5.16. The third kappa shape index (κ3) is 2.75. The Kier molecular flexibility index (Phi) is 3.61. The van der Waals surface area contributed by atoms with E-state index in [1.807, 2.05) is 0 Å². The maximum absolute atomic E-state index is 11.7. The molecule has 1 heterocycles. The van der Waals surface area contributed by atoms with Crippen molar-refractivity contribution in [2.45, 2.75) is 12.5 Å². The van der Waals surface area contributed by atoms with Gasteiger partial charge in [0.15, 0.2) is 0 Å². The third-order valence-corrected chi connectivity index (χ3v) is 2.66. The van der Waals surface area contributed by atoms with E-state index in [2.05, 4.69) is 5.32 Å². The summed E-state index contributed by atoms with van der Waals surface area (Å²) in [6.45, 7) is 0.338. The summed E-state index contributed by atoms with van der Waals surface area (Å²) in [5.41, 5.74) is 1.57. The molecule has 0 spiro atoms. The molecule has 0 saturated heterocycles. The zero-order valence-corrected chi connectivity index (χ0v) is 9.35. The quantitative estimate of drug-likeness (QED) is 0.672. The van der Waals surface area contributed by atoms with Crippen LogP contribution in [-0.2, 0) is 6.42 Å². The standard InChI is InChI=1S/C12H15NO4/c14-7-10(15)6-13-12(16)9-1-2-11-8(5-9)3-4-17-11/h1-2,5,10,14-15H,3-4,6-7H2,(H,13,16). The highest BCUT2D eigenvalue weighted by atomic mass is 16.5. The van der Waals surface area contributed by atoms with Gasteiger partial charge >= 0.3 is 0 Å². The highest BCUT2D eigenvalue weighted by molar-refractivity contribution is 5.94. The van der Waals surface area contributed by atoms with Crippen LogP contribution in [0.2, 0.25) is 0 Å². The molecule has 0 radical (unpaired) electrons. The fraction of sp³-hybridized carbons (Fsp3) is 0.417. The lowest BCUT2D eigenvalue weighted by atomic mass is 10.1. The number of ether oxygens (including phenoxy) is 1. The predicted octanol–water partition coefficient (Wildman–Crippen LogP) is -0.296. The van der Waals surface area contributed by atoms with Crippen molar-refractivity contribution in [3.8, 4) is 5.75 Å². The second-order valence-electron chi connectivity index (χ2n) is 3.97. The molecule has 1 atom stereocenters. The summed E-state index contributed by atoms with van der Waals surface area (Å²) < 4.78 is 5.34. The number of rotatable bonds is 4. The number of aliphatic hydroxyl groups excluding tert-OH is 2. The van der Waals surface area contributed by atoms with Gasteiger partial charge in [-0.25, -0.2) is 0 Å². The van der Waals surface area contributed by atoms with Crippen molar-refractivity contribution >= 4 is 5.91 Å². The number of nitrogens with one attached hydrogen (secondary N) is 1. The Morgan fingerprint density at radius 1 is 1.53 bits per heavy atom. The van der Waals surface area contributed by atoms with Gasteiger partial charge in [0.25, 0.3) is 5.91 Å². The molecule has 0 bridgehead atoms. The summed E-state index contributed by atoms with van der Waals surface area (Å²) >= 11 is 0. The molecule has 5 heteroatoms. The van der Waals surface area contributed by atoms with E-state index in [-0.39, 0.29) is 19.1 Å². The SMILES string of the molecule is O=C(NCC(O)CO)c1ccc2c(c1)CCO2. The first-order chi connectivity index (χ1) is 8.20. The number of benzene rings is 1. The summed E-state index contributed by atoms with van der Waals surface area (Å²) in [6.07, 6.45) is -0.105. The maximum Gasteiger partial charge on any atom is 0.251 e. The van der Waals surface area contributed by atoms with Crippen LogP contribution in [0, 0.1) is 0 Å². The molecular formula is C12H15NO4. The molecule has 1 aromatic carbocycles. The van der Waals surface area contributed by atoms with Gasteiger partial charge in [-0.2, -0.15) is 0 Å². The Morgan fingerprint density at radius 3 is 3.12 bits per heavy atom. The average molecular weight is 237 g/mol. The molecule has 17 heavy (non-hydrogen) atoms. The maximum atomic E-state index is 11.7. The number of fused-ring (bicyclic) bond motifs is 1. The van der Waals surface area contributed by atoms with E-state index in [0.29, 0.717) is 12.2 Å². The molecule has 1 aliphatic rings. The first-order valence-corrected chi connectivity index (χ1v) is 5.53. The smallest absolute Gasteiger partial charge is 0.251 e. The highest BCUT2D eigenvalue weighted by Crippen LogP contribution is 2.25. The Labute approximate surface area is 99.0 Å². The van der Waals surface area contributed by atoms with E-state index in [1.54, 1.807) is 18.2 Å². The van der Waals surface area contributed by atoms with Crippen LogP contribution < -0.4 is 10.1 Å². The van der Waals surface area contributed by atoms with Crippen LogP contribution in [0.3, 0.4) is 0 Å². The largest absolute Gasteiger partial charge is 0.493 e. The lowest BCUT2D eigenvalue weighted by Crippen LogP contribution is -2.33. The van der Waals surface area contributed by atoms with Crippen LogP contribution >= 0.6 is 0 Å². The fourth-order valence-electron chi connectivity index (χ4n) is 1.70. The van der Waals surface area contributed by atoms with Crippen LogP contribution in [0.1, 0.15) is 15.9 Å². The van der Waals surface area contributed by atoms with Gasteiger partial charge in [-0.05, 0) is 23.8 Å². The molecule has 1 unspecified atom stereocenters. The molecule has 0 aromatic heterocycles. The molecule has 1 aromatic rings. The monoisotopic (exact) mass is 237 g/mol. The Morgan fingerprint density at radius 2 is 2.35 bits per heavy atom. The first-order valence-electron chi connectivity index (χ1n) is 5.53. The number of carbonyl (C=O) groups is 1. The summed E-state index contributed by atoms with van der Waals surface area (Å²) in [7, 11) is 0. The molecule has 0 fully saturated rings. The Bertz CT molecular complexity index is 419. The van der Waals surface area contributed by atoms with Crippen molar-refractivity contribution in [1.29, 1.82) is 0 Å². The summed E-state index contributed by atoms with van der Waals surface area (Å²) in [6, 6.07) is 5.26. The van der Waals surface area contributed by atoms with Crippen LogP contribution in [0.25, 0.3) is 0 Å². The van der Waals surface area contributed by atoms with Crippen LogP contribution in [0.4, 0.5) is 0 Å². The summed E-state index contributed by atoms with van der Waals surface area (Å²) in [5.74, 6) is 0.573. The zero-order valence-electron chi connectivity index (χ0n) is 9.35. The Hall–Kier alpha value is -1.59. The van der Waals surface area contributed by atoms with Crippen molar-refractivity contribution in [3.05, 3.63) is 29.3 Å².